The monoisotopic (exact) mass is 273 g/mol. The van der Waals surface area contributed by atoms with Crippen LogP contribution >= 0.6 is 12.6 Å². The Hall–Kier alpha value is -1.31. The first kappa shape index (κ1) is 14.7. The van der Waals surface area contributed by atoms with E-state index in [2.05, 4.69) is 12.6 Å². The van der Waals surface area contributed by atoms with Gasteiger partial charge in [0.25, 0.3) is 0 Å². The van der Waals surface area contributed by atoms with E-state index in [1.54, 1.807) is 0 Å². The van der Waals surface area contributed by atoms with E-state index >= 15 is 0 Å². The molecule has 2 N–H and O–H groups in total. The van der Waals surface area contributed by atoms with Gasteiger partial charge in [0.05, 0.1) is 18.1 Å². The number of ether oxygens (including phenoxy) is 1. The zero-order valence-electron chi connectivity index (χ0n) is 9.81. The van der Waals surface area contributed by atoms with E-state index in [1.807, 2.05) is 0 Å². The van der Waals surface area contributed by atoms with Crippen molar-refractivity contribution >= 4 is 18.3 Å². The second kappa shape index (κ2) is 6.58. The third-order valence-electron chi connectivity index (χ3n) is 2.53. The van der Waals surface area contributed by atoms with Crippen LogP contribution in [0.5, 0.6) is 5.75 Å². The van der Waals surface area contributed by atoms with Crippen molar-refractivity contribution in [3.63, 3.8) is 0 Å². The molecule has 0 aromatic heterocycles. The summed E-state index contributed by atoms with van der Waals surface area (Å²) in [5, 5.41) is 30.3. The fraction of sp³-hybridized carbons (Fsp3) is 0.455. The first-order chi connectivity index (χ1) is 8.51. The Morgan fingerprint density at radius 2 is 2.17 bits per heavy atom. The van der Waals surface area contributed by atoms with Gasteiger partial charge in [0.15, 0.2) is 5.75 Å². The number of nitro benzene ring substituents is 1. The number of thiol groups is 1. The summed E-state index contributed by atoms with van der Waals surface area (Å²) in [5.74, 6) is 0.524. The molecule has 0 radical (unpaired) electrons. The van der Waals surface area contributed by atoms with Gasteiger partial charge in [-0.3, -0.25) is 10.1 Å². The number of aliphatic hydroxyl groups excluding tert-OH is 2. The highest BCUT2D eigenvalue weighted by atomic mass is 32.1. The van der Waals surface area contributed by atoms with E-state index in [0.717, 1.165) is 0 Å². The zero-order valence-corrected chi connectivity index (χ0v) is 10.7. The van der Waals surface area contributed by atoms with Gasteiger partial charge in [-0.25, -0.2) is 0 Å². The van der Waals surface area contributed by atoms with Crippen molar-refractivity contribution in [3.05, 3.63) is 33.9 Å². The number of nitro groups is 1. The number of hydrogen-bond acceptors (Lipinski definition) is 6. The molecule has 1 rings (SSSR count). The minimum atomic E-state index is -1.18. The highest BCUT2D eigenvalue weighted by Crippen LogP contribution is 2.31. The van der Waals surface area contributed by atoms with Crippen LogP contribution < -0.4 is 4.74 Å². The third kappa shape index (κ3) is 3.34. The molecule has 7 heteroatoms. The summed E-state index contributed by atoms with van der Waals surface area (Å²) < 4.78 is 4.85. The minimum absolute atomic E-state index is 0.111. The highest BCUT2D eigenvalue weighted by molar-refractivity contribution is 7.80. The minimum Gasteiger partial charge on any atom is -0.490 e. The number of rotatable bonds is 6. The molecule has 0 bridgehead atoms. The van der Waals surface area contributed by atoms with E-state index in [4.69, 9.17) is 4.74 Å². The second-order valence-electron chi connectivity index (χ2n) is 3.71. The van der Waals surface area contributed by atoms with Gasteiger partial charge in [-0.05, 0) is 23.8 Å². The number of nitrogens with zero attached hydrogens (tertiary/aromatic N) is 1. The Labute approximate surface area is 110 Å². The van der Waals surface area contributed by atoms with Crippen LogP contribution in [0.4, 0.5) is 5.69 Å². The van der Waals surface area contributed by atoms with Crippen LogP contribution in [0.2, 0.25) is 0 Å². The normalized spacial score (nSPS) is 14.0. The largest absolute Gasteiger partial charge is 0.490 e. The fourth-order valence-corrected chi connectivity index (χ4v) is 1.81. The molecule has 18 heavy (non-hydrogen) atoms. The molecule has 0 aliphatic rings. The van der Waals surface area contributed by atoms with Gasteiger partial charge in [-0.2, -0.15) is 12.6 Å². The summed E-state index contributed by atoms with van der Waals surface area (Å²) in [4.78, 5) is 10.2. The van der Waals surface area contributed by atoms with Gasteiger partial charge >= 0.3 is 5.69 Å². The maximum atomic E-state index is 10.8. The smallest absolute Gasteiger partial charge is 0.311 e. The van der Waals surface area contributed by atoms with Gasteiger partial charge in [-0.15, -0.1) is 0 Å². The molecule has 1 aromatic rings. The van der Waals surface area contributed by atoms with Crippen LogP contribution in [0.3, 0.4) is 0 Å². The van der Waals surface area contributed by atoms with Crippen molar-refractivity contribution in [3.8, 4) is 5.75 Å². The molecule has 1 aromatic carbocycles. The van der Waals surface area contributed by atoms with Crippen LogP contribution in [0.15, 0.2) is 18.2 Å². The van der Waals surface area contributed by atoms with Crippen molar-refractivity contribution < 1.29 is 19.9 Å². The number of methoxy groups -OCH3 is 1. The summed E-state index contributed by atoms with van der Waals surface area (Å²) in [5.41, 5.74) is 0.0314. The van der Waals surface area contributed by atoms with Gasteiger partial charge < -0.3 is 14.9 Å². The van der Waals surface area contributed by atoms with E-state index in [1.165, 1.54) is 25.3 Å². The standard InChI is InChI=1S/C11H15NO5S/c1-17-10-3-2-7(6-8(10)12(15)16)11(14)9(13)4-5-18/h2-3,6,9,11,13-14,18H,4-5H2,1H3. The predicted molar refractivity (Wildman–Crippen MR) is 69.1 cm³/mol. The molecule has 2 unspecified atom stereocenters. The van der Waals surface area contributed by atoms with Crippen LogP contribution in [-0.4, -0.2) is 34.1 Å². The maximum Gasteiger partial charge on any atom is 0.311 e. The summed E-state index contributed by atoms with van der Waals surface area (Å²) in [7, 11) is 1.33. The molecule has 0 aliphatic heterocycles. The van der Waals surface area contributed by atoms with Crippen molar-refractivity contribution in [1.82, 2.24) is 0 Å². The van der Waals surface area contributed by atoms with E-state index in [-0.39, 0.29) is 17.0 Å². The lowest BCUT2D eigenvalue weighted by Gasteiger charge is -2.17. The highest BCUT2D eigenvalue weighted by Gasteiger charge is 2.22. The van der Waals surface area contributed by atoms with E-state index in [0.29, 0.717) is 12.2 Å². The van der Waals surface area contributed by atoms with Crippen molar-refractivity contribution in [1.29, 1.82) is 0 Å². The zero-order chi connectivity index (χ0) is 13.7. The Morgan fingerprint density at radius 1 is 1.50 bits per heavy atom. The maximum absolute atomic E-state index is 10.8. The Bertz CT molecular complexity index is 426. The predicted octanol–water partition coefficient (Wildman–Crippen LogP) is 1.32. The SMILES string of the molecule is COc1ccc(C(O)C(O)CCS)cc1[N+](=O)[O-]. The van der Waals surface area contributed by atoms with Crippen molar-refractivity contribution in [2.45, 2.75) is 18.6 Å². The average Bonchev–Trinajstić information content (AvgIpc) is 2.37. The van der Waals surface area contributed by atoms with Gasteiger partial charge in [0.1, 0.15) is 6.10 Å². The first-order valence-electron chi connectivity index (χ1n) is 5.30. The molecule has 0 saturated heterocycles. The number of hydrogen-bond donors (Lipinski definition) is 3. The topological polar surface area (TPSA) is 92.8 Å². The molecule has 0 spiro atoms. The van der Waals surface area contributed by atoms with Crippen molar-refractivity contribution in [2.24, 2.45) is 0 Å². The Kier molecular flexibility index (Phi) is 5.39. The molecule has 0 fully saturated rings. The lowest BCUT2D eigenvalue weighted by atomic mass is 10.0. The summed E-state index contributed by atoms with van der Waals surface area (Å²) in [6.07, 6.45) is -1.89. The van der Waals surface area contributed by atoms with Gasteiger partial charge in [0.2, 0.25) is 0 Å². The number of benzene rings is 1. The molecule has 0 amide bonds. The average molecular weight is 273 g/mol. The third-order valence-corrected chi connectivity index (χ3v) is 2.79. The lowest BCUT2D eigenvalue weighted by molar-refractivity contribution is -0.385. The van der Waals surface area contributed by atoms with Crippen LogP contribution in [0, 0.1) is 10.1 Å². The molecular weight excluding hydrogens is 258 g/mol. The number of aliphatic hydroxyl groups is 2. The molecular formula is C11H15NO5S. The quantitative estimate of drug-likeness (QED) is 0.413. The summed E-state index contributed by atoms with van der Waals surface area (Å²) in [6.45, 7) is 0. The van der Waals surface area contributed by atoms with Crippen LogP contribution in [0.1, 0.15) is 18.1 Å². The molecule has 6 nitrogen and oxygen atoms in total. The van der Waals surface area contributed by atoms with Crippen LogP contribution in [0.25, 0.3) is 0 Å². The molecule has 100 valence electrons. The molecule has 0 saturated carbocycles. The Balaban J connectivity index is 3.04. The van der Waals surface area contributed by atoms with Gasteiger partial charge in [0, 0.05) is 6.07 Å². The molecule has 2 atom stereocenters. The lowest BCUT2D eigenvalue weighted by Crippen LogP contribution is -2.18. The van der Waals surface area contributed by atoms with Crippen molar-refractivity contribution in [2.75, 3.05) is 12.9 Å². The fourth-order valence-electron chi connectivity index (χ4n) is 1.55. The molecule has 0 heterocycles. The van der Waals surface area contributed by atoms with E-state index < -0.39 is 17.1 Å². The van der Waals surface area contributed by atoms with Gasteiger partial charge in [-0.1, -0.05) is 6.07 Å². The summed E-state index contributed by atoms with van der Waals surface area (Å²) in [6, 6.07) is 4.08. The Morgan fingerprint density at radius 3 is 2.67 bits per heavy atom. The second-order valence-corrected chi connectivity index (χ2v) is 4.16. The summed E-state index contributed by atoms with van der Waals surface area (Å²) >= 11 is 3.95. The first-order valence-corrected chi connectivity index (χ1v) is 5.93. The van der Waals surface area contributed by atoms with E-state index in [9.17, 15) is 20.3 Å². The van der Waals surface area contributed by atoms with Crippen LogP contribution in [-0.2, 0) is 0 Å². The molecule has 0 aliphatic carbocycles.